The minimum atomic E-state index is -0.414. The van der Waals surface area contributed by atoms with Gasteiger partial charge in [-0.25, -0.2) is 9.07 Å². The van der Waals surface area contributed by atoms with Crippen LogP contribution in [0.1, 0.15) is 16.1 Å². The molecule has 0 spiro atoms. The molecule has 0 fully saturated rings. The van der Waals surface area contributed by atoms with E-state index in [0.29, 0.717) is 22.6 Å². The number of hydrogen-bond acceptors (Lipinski definition) is 4. The van der Waals surface area contributed by atoms with Gasteiger partial charge in [0.2, 0.25) is 5.91 Å². The maximum atomic E-state index is 13.1. The van der Waals surface area contributed by atoms with Gasteiger partial charge >= 0.3 is 0 Å². The standard InChI is InChI=1S/C26H23FN4O3S/c1-17-24(26(34)31(30(17)2)21-8-4-3-5-9-21)29-23(32)16-35-22-10-6-7-20(15-22)28-25(33)18-11-13-19(27)14-12-18/h3-15H,16H2,1-2H3,(H,28,33)(H,29,32). The first-order valence-corrected chi connectivity index (χ1v) is 11.8. The summed E-state index contributed by atoms with van der Waals surface area (Å²) in [6.07, 6.45) is 0. The number of nitrogens with zero attached hydrogens (tertiary/aromatic N) is 2. The molecule has 178 valence electrons. The van der Waals surface area contributed by atoms with Gasteiger partial charge in [-0.2, -0.15) is 0 Å². The van der Waals surface area contributed by atoms with Gasteiger partial charge in [0.05, 0.1) is 17.1 Å². The van der Waals surface area contributed by atoms with Crippen molar-refractivity contribution in [3.63, 3.8) is 0 Å². The molecule has 0 aliphatic rings. The van der Waals surface area contributed by atoms with E-state index in [-0.39, 0.29) is 28.8 Å². The molecule has 4 aromatic rings. The molecule has 4 rings (SSSR count). The van der Waals surface area contributed by atoms with Crippen LogP contribution in [-0.2, 0) is 11.8 Å². The van der Waals surface area contributed by atoms with Crippen molar-refractivity contribution in [3.05, 3.63) is 106 Å². The minimum absolute atomic E-state index is 0.0779. The summed E-state index contributed by atoms with van der Waals surface area (Å²) in [5, 5.41) is 5.50. The highest BCUT2D eigenvalue weighted by Crippen LogP contribution is 2.23. The Morgan fingerprint density at radius 1 is 0.943 bits per heavy atom. The van der Waals surface area contributed by atoms with Crippen LogP contribution in [0.4, 0.5) is 15.8 Å². The van der Waals surface area contributed by atoms with Crippen LogP contribution in [0.3, 0.4) is 0 Å². The molecular formula is C26H23FN4O3S. The molecule has 0 saturated carbocycles. The number of aromatic nitrogens is 2. The third-order valence-corrected chi connectivity index (χ3v) is 6.38. The van der Waals surface area contributed by atoms with E-state index in [1.165, 1.54) is 40.7 Å². The van der Waals surface area contributed by atoms with Crippen LogP contribution in [0.5, 0.6) is 0 Å². The van der Waals surface area contributed by atoms with Crippen molar-refractivity contribution >= 4 is 35.0 Å². The summed E-state index contributed by atoms with van der Waals surface area (Å²) in [6, 6.07) is 21.5. The number of thioether (sulfide) groups is 1. The molecule has 0 aliphatic carbocycles. The number of carbonyl (C=O) groups excluding carboxylic acids is 2. The normalized spacial score (nSPS) is 10.7. The van der Waals surface area contributed by atoms with Gasteiger partial charge < -0.3 is 10.6 Å². The molecule has 0 saturated heterocycles. The minimum Gasteiger partial charge on any atom is -0.322 e. The Balaban J connectivity index is 1.40. The molecule has 35 heavy (non-hydrogen) atoms. The highest BCUT2D eigenvalue weighted by Gasteiger charge is 2.18. The quantitative estimate of drug-likeness (QED) is 0.371. The van der Waals surface area contributed by atoms with Gasteiger partial charge in [-0.05, 0) is 61.5 Å². The number of amides is 2. The van der Waals surface area contributed by atoms with Gasteiger partial charge in [-0.3, -0.25) is 19.1 Å². The second kappa shape index (κ2) is 10.4. The molecule has 2 amide bonds. The van der Waals surface area contributed by atoms with Gasteiger partial charge in [-0.1, -0.05) is 24.3 Å². The maximum Gasteiger partial charge on any atom is 0.295 e. The van der Waals surface area contributed by atoms with Crippen molar-refractivity contribution in [2.24, 2.45) is 7.05 Å². The molecule has 0 aliphatic heterocycles. The largest absolute Gasteiger partial charge is 0.322 e. The summed E-state index contributed by atoms with van der Waals surface area (Å²) in [4.78, 5) is 38.7. The molecule has 0 atom stereocenters. The molecule has 0 radical (unpaired) electrons. The molecule has 9 heteroatoms. The number of rotatable bonds is 7. The van der Waals surface area contributed by atoms with E-state index in [9.17, 15) is 18.8 Å². The van der Waals surface area contributed by atoms with Gasteiger partial charge in [0.15, 0.2) is 0 Å². The Labute approximate surface area is 205 Å². The van der Waals surface area contributed by atoms with E-state index in [0.717, 1.165) is 4.90 Å². The maximum absolute atomic E-state index is 13.1. The van der Waals surface area contributed by atoms with E-state index < -0.39 is 5.82 Å². The third kappa shape index (κ3) is 5.52. The van der Waals surface area contributed by atoms with Crippen LogP contribution >= 0.6 is 11.8 Å². The second-order valence-electron chi connectivity index (χ2n) is 7.76. The van der Waals surface area contributed by atoms with Crippen LogP contribution < -0.4 is 16.2 Å². The van der Waals surface area contributed by atoms with Crippen molar-refractivity contribution in [1.29, 1.82) is 0 Å². The van der Waals surface area contributed by atoms with Gasteiger partial charge in [-0.15, -0.1) is 11.8 Å². The zero-order valence-electron chi connectivity index (χ0n) is 19.1. The Morgan fingerprint density at radius 3 is 2.37 bits per heavy atom. The Bertz CT molecular complexity index is 1430. The van der Waals surface area contributed by atoms with Crippen LogP contribution in [0, 0.1) is 12.7 Å². The smallest absolute Gasteiger partial charge is 0.295 e. The SMILES string of the molecule is Cc1c(NC(=O)CSc2cccc(NC(=O)c3ccc(F)cc3)c2)c(=O)n(-c2ccccc2)n1C. The molecule has 7 nitrogen and oxygen atoms in total. The summed E-state index contributed by atoms with van der Waals surface area (Å²) in [6.45, 7) is 1.77. The first-order valence-electron chi connectivity index (χ1n) is 10.8. The van der Waals surface area contributed by atoms with Crippen molar-refractivity contribution in [1.82, 2.24) is 9.36 Å². The average molecular weight is 491 g/mol. The summed E-state index contributed by atoms with van der Waals surface area (Å²) >= 11 is 1.28. The van der Waals surface area contributed by atoms with Gasteiger partial charge in [0.1, 0.15) is 11.5 Å². The monoisotopic (exact) mass is 490 g/mol. The fraction of sp³-hybridized carbons (Fsp3) is 0.115. The summed E-state index contributed by atoms with van der Waals surface area (Å²) in [5.41, 5.74) is 2.17. The van der Waals surface area contributed by atoms with Crippen molar-refractivity contribution in [3.8, 4) is 5.69 Å². The number of halogens is 1. The molecule has 3 aromatic carbocycles. The molecule has 0 unspecified atom stereocenters. The fourth-order valence-electron chi connectivity index (χ4n) is 3.50. The summed E-state index contributed by atoms with van der Waals surface area (Å²) in [5.74, 6) is -1.02. The fourth-order valence-corrected chi connectivity index (χ4v) is 4.26. The number of benzene rings is 3. The first-order chi connectivity index (χ1) is 16.8. The number of hydrogen-bond donors (Lipinski definition) is 2. The highest BCUT2D eigenvalue weighted by atomic mass is 32.2. The number of nitrogens with one attached hydrogen (secondary N) is 2. The lowest BCUT2D eigenvalue weighted by Gasteiger charge is -2.08. The third-order valence-electron chi connectivity index (χ3n) is 5.39. The first kappa shape index (κ1) is 24.0. The zero-order valence-corrected chi connectivity index (χ0v) is 19.9. The average Bonchev–Trinajstić information content (AvgIpc) is 3.07. The number of carbonyl (C=O) groups is 2. The molecule has 2 N–H and O–H groups in total. The van der Waals surface area contributed by atoms with Gasteiger partial charge in [0, 0.05) is 23.2 Å². The summed E-state index contributed by atoms with van der Waals surface area (Å²) < 4.78 is 16.3. The number of anilines is 2. The van der Waals surface area contributed by atoms with Crippen LogP contribution in [0.2, 0.25) is 0 Å². The van der Waals surface area contributed by atoms with Crippen LogP contribution in [-0.4, -0.2) is 26.9 Å². The summed E-state index contributed by atoms with van der Waals surface area (Å²) in [7, 11) is 1.76. The predicted octanol–water partition coefficient (Wildman–Crippen LogP) is 4.61. The molecule has 0 bridgehead atoms. The Hall–Kier alpha value is -4.11. The van der Waals surface area contributed by atoms with Crippen LogP contribution in [0.15, 0.2) is 88.6 Å². The highest BCUT2D eigenvalue weighted by molar-refractivity contribution is 8.00. The van der Waals surface area contributed by atoms with Crippen molar-refractivity contribution in [2.45, 2.75) is 11.8 Å². The Morgan fingerprint density at radius 2 is 1.66 bits per heavy atom. The number of para-hydroxylation sites is 1. The predicted molar refractivity (Wildman–Crippen MR) is 136 cm³/mol. The zero-order chi connectivity index (χ0) is 24.9. The van der Waals surface area contributed by atoms with Crippen LogP contribution in [0.25, 0.3) is 5.69 Å². The van der Waals surface area contributed by atoms with Crippen molar-refractivity contribution < 1.29 is 14.0 Å². The van der Waals surface area contributed by atoms with E-state index in [1.54, 1.807) is 36.9 Å². The lowest BCUT2D eigenvalue weighted by Crippen LogP contribution is -2.23. The molecule has 1 heterocycles. The Kier molecular flexibility index (Phi) is 7.17. The van der Waals surface area contributed by atoms with E-state index in [4.69, 9.17) is 0 Å². The molecular weight excluding hydrogens is 467 g/mol. The van der Waals surface area contributed by atoms with E-state index in [2.05, 4.69) is 10.6 Å². The van der Waals surface area contributed by atoms with E-state index in [1.807, 2.05) is 36.4 Å². The topological polar surface area (TPSA) is 85.1 Å². The van der Waals surface area contributed by atoms with Crippen molar-refractivity contribution in [2.75, 3.05) is 16.4 Å². The van der Waals surface area contributed by atoms with E-state index >= 15 is 0 Å². The lowest BCUT2D eigenvalue weighted by molar-refractivity contribution is -0.113. The van der Waals surface area contributed by atoms with Gasteiger partial charge in [0.25, 0.3) is 11.5 Å². The molecule has 1 aromatic heterocycles. The second-order valence-corrected chi connectivity index (χ2v) is 8.81. The lowest BCUT2D eigenvalue weighted by atomic mass is 10.2.